The van der Waals surface area contributed by atoms with E-state index in [1.165, 1.54) is 31.4 Å². The number of aliphatic imine (C=N–C) groups is 1. The molecule has 0 spiro atoms. The molecule has 2 heterocycles. The largest absolute Gasteiger partial charge is 0.351 e. The van der Waals surface area contributed by atoms with Crippen LogP contribution in [0.3, 0.4) is 0 Å². The number of hydrogen-bond acceptors (Lipinski definition) is 3. The molecular weight excluding hydrogens is 186 g/mol. The second kappa shape index (κ2) is 3.54. The van der Waals surface area contributed by atoms with Crippen molar-refractivity contribution in [1.82, 2.24) is 10.2 Å². The lowest BCUT2D eigenvalue weighted by atomic mass is 9.85. The van der Waals surface area contributed by atoms with Crippen molar-refractivity contribution < 1.29 is 0 Å². The highest BCUT2D eigenvalue weighted by atomic mass is 15.3. The number of nitrogens with one attached hydrogen (secondary N) is 1. The molecule has 1 N–H and O–H groups in total. The first-order valence-electron chi connectivity index (χ1n) is 6.12. The summed E-state index contributed by atoms with van der Waals surface area (Å²) in [6.45, 7) is 3.38. The van der Waals surface area contributed by atoms with Gasteiger partial charge in [-0.2, -0.15) is 0 Å². The van der Waals surface area contributed by atoms with E-state index in [1.807, 2.05) is 6.21 Å². The van der Waals surface area contributed by atoms with E-state index >= 15 is 0 Å². The second-order valence-corrected chi connectivity index (χ2v) is 4.94. The summed E-state index contributed by atoms with van der Waals surface area (Å²) in [5.41, 5.74) is 1.44. The first-order valence-corrected chi connectivity index (χ1v) is 6.12. The fourth-order valence-electron chi connectivity index (χ4n) is 3.13. The quantitative estimate of drug-likeness (QED) is 0.709. The van der Waals surface area contributed by atoms with Crippen molar-refractivity contribution in [3.8, 4) is 0 Å². The normalized spacial score (nSPS) is 34.6. The average molecular weight is 205 g/mol. The summed E-state index contributed by atoms with van der Waals surface area (Å²) >= 11 is 0. The zero-order chi connectivity index (χ0) is 10.3. The lowest BCUT2D eigenvalue weighted by molar-refractivity contribution is 0.153. The van der Waals surface area contributed by atoms with E-state index in [0.717, 1.165) is 30.9 Å². The summed E-state index contributed by atoms with van der Waals surface area (Å²) in [4.78, 5) is 6.93. The Hall–Kier alpha value is -0.990. The van der Waals surface area contributed by atoms with Crippen LogP contribution in [0.1, 0.15) is 39.0 Å². The van der Waals surface area contributed by atoms with Gasteiger partial charge in [-0.1, -0.05) is 19.8 Å². The Morgan fingerprint density at radius 2 is 2.27 bits per heavy atom. The van der Waals surface area contributed by atoms with Crippen molar-refractivity contribution in [3.05, 3.63) is 11.5 Å². The van der Waals surface area contributed by atoms with Gasteiger partial charge in [-0.25, -0.2) is 4.99 Å². The predicted octanol–water partition coefficient (Wildman–Crippen LogP) is 2.07. The fourth-order valence-corrected chi connectivity index (χ4v) is 3.13. The number of hydrogen-bond donors (Lipinski definition) is 1. The highest BCUT2D eigenvalue weighted by molar-refractivity contribution is 5.67. The van der Waals surface area contributed by atoms with Gasteiger partial charge in [-0.15, -0.1) is 0 Å². The van der Waals surface area contributed by atoms with Gasteiger partial charge in [-0.05, 0) is 18.8 Å². The Balaban J connectivity index is 1.77. The van der Waals surface area contributed by atoms with Gasteiger partial charge in [0, 0.05) is 18.7 Å². The lowest BCUT2D eigenvalue weighted by Gasteiger charge is -2.38. The molecule has 82 valence electrons. The van der Waals surface area contributed by atoms with E-state index in [-0.39, 0.29) is 0 Å². The number of allylic oxidation sites excluding steroid dienone is 1. The Morgan fingerprint density at radius 3 is 3.13 bits per heavy atom. The zero-order valence-corrected chi connectivity index (χ0v) is 9.37. The minimum Gasteiger partial charge on any atom is -0.351 e. The van der Waals surface area contributed by atoms with Gasteiger partial charge in [0.05, 0.1) is 12.4 Å². The van der Waals surface area contributed by atoms with Crippen molar-refractivity contribution in [2.45, 2.75) is 45.1 Å². The van der Waals surface area contributed by atoms with Crippen LogP contribution in [0.2, 0.25) is 0 Å². The van der Waals surface area contributed by atoms with Gasteiger partial charge < -0.3 is 10.2 Å². The van der Waals surface area contributed by atoms with Crippen LogP contribution in [0, 0.1) is 5.92 Å². The van der Waals surface area contributed by atoms with Crippen LogP contribution < -0.4 is 5.32 Å². The molecule has 0 bridgehead atoms. The summed E-state index contributed by atoms with van der Waals surface area (Å²) in [5, 5.41) is 3.39. The molecule has 0 amide bonds. The molecule has 0 aromatic heterocycles. The van der Waals surface area contributed by atoms with Gasteiger partial charge >= 0.3 is 0 Å². The Kier molecular flexibility index (Phi) is 2.19. The van der Waals surface area contributed by atoms with Crippen molar-refractivity contribution in [2.75, 3.05) is 6.67 Å². The first kappa shape index (κ1) is 9.25. The van der Waals surface area contributed by atoms with Crippen LogP contribution in [0.4, 0.5) is 0 Å². The molecule has 3 rings (SSSR count). The molecule has 1 saturated carbocycles. The Morgan fingerprint density at radius 1 is 1.40 bits per heavy atom. The van der Waals surface area contributed by atoms with Crippen LogP contribution in [0.25, 0.3) is 0 Å². The molecule has 3 aliphatic rings. The predicted molar refractivity (Wildman–Crippen MR) is 61.4 cm³/mol. The average Bonchev–Trinajstić information content (AvgIpc) is 2.80. The van der Waals surface area contributed by atoms with Crippen LogP contribution in [0.5, 0.6) is 0 Å². The van der Waals surface area contributed by atoms with E-state index in [0.29, 0.717) is 0 Å². The minimum absolute atomic E-state index is 0.750. The van der Waals surface area contributed by atoms with Crippen molar-refractivity contribution in [3.63, 3.8) is 0 Å². The SMILES string of the molecule is C[C@@H]1CCCC[C@@H]1N1CNC2=C1CC=N2. The maximum atomic E-state index is 4.37. The minimum atomic E-state index is 0.750. The van der Waals surface area contributed by atoms with E-state index in [4.69, 9.17) is 0 Å². The van der Waals surface area contributed by atoms with Crippen molar-refractivity contribution in [2.24, 2.45) is 10.9 Å². The molecule has 0 radical (unpaired) electrons. The first-order chi connectivity index (χ1) is 7.36. The highest BCUT2D eigenvalue weighted by Gasteiger charge is 2.33. The Bertz CT molecular complexity index is 319. The van der Waals surface area contributed by atoms with Crippen LogP contribution in [0.15, 0.2) is 16.5 Å². The summed E-state index contributed by atoms with van der Waals surface area (Å²) < 4.78 is 0. The fraction of sp³-hybridized carbons (Fsp3) is 0.750. The molecule has 0 unspecified atom stereocenters. The standard InChI is InChI=1S/C12H19N3/c1-9-4-2-3-5-10(9)15-8-14-12-11(15)6-7-13-12/h7,9-10,14H,2-6,8H2,1H3/t9-,10+/m1/s1. The van der Waals surface area contributed by atoms with Crippen molar-refractivity contribution in [1.29, 1.82) is 0 Å². The van der Waals surface area contributed by atoms with Gasteiger partial charge in [-0.3, -0.25) is 0 Å². The van der Waals surface area contributed by atoms with Crippen LogP contribution >= 0.6 is 0 Å². The van der Waals surface area contributed by atoms with E-state index in [9.17, 15) is 0 Å². The molecule has 2 atom stereocenters. The molecule has 1 fully saturated rings. The summed E-state index contributed by atoms with van der Waals surface area (Å²) in [6, 6.07) is 0.750. The zero-order valence-electron chi connectivity index (χ0n) is 9.37. The summed E-state index contributed by atoms with van der Waals surface area (Å²) in [7, 11) is 0. The van der Waals surface area contributed by atoms with Gasteiger partial charge in [0.2, 0.25) is 0 Å². The third-order valence-corrected chi connectivity index (χ3v) is 4.01. The molecule has 0 aromatic carbocycles. The van der Waals surface area contributed by atoms with Gasteiger partial charge in [0.25, 0.3) is 0 Å². The monoisotopic (exact) mass is 205 g/mol. The molecule has 15 heavy (non-hydrogen) atoms. The van der Waals surface area contributed by atoms with Crippen LogP contribution in [-0.4, -0.2) is 23.8 Å². The number of nitrogens with zero attached hydrogens (tertiary/aromatic N) is 2. The van der Waals surface area contributed by atoms with E-state index in [1.54, 1.807) is 0 Å². The topological polar surface area (TPSA) is 27.6 Å². The molecule has 0 saturated heterocycles. The number of rotatable bonds is 1. The molecule has 2 aliphatic heterocycles. The molecule has 3 heteroatoms. The van der Waals surface area contributed by atoms with Crippen molar-refractivity contribution >= 4 is 6.21 Å². The van der Waals surface area contributed by atoms with E-state index < -0.39 is 0 Å². The Labute approximate surface area is 91.3 Å². The maximum absolute atomic E-state index is 4.37. The smallest absolute Gasteiger partial charge is 0.146 e. The van der Waals surface area contributed by atoms with Crippen LogP contribution in [-0.2, 0) is 0 Å². The molecule has 1 aliphatic carbocycles. The molecule has 3 nitrogen and oxygen atoms in total. The summed E-state index contributed by atoms with van der Waals surface area (Å²) in [5.74, 6) is 1.97. The lowest BCUT2D eigenvalue weighted by Crippen LogP contribution is -2.41. The summed E-state index contributed by atoms with van der Waals surface area (Å²) in [6.07, 6.45) is 8.63. The molecular formula is C12H19N3. The second-order valence-electron chi connectivity index (χ2n) is 4.94. The van der Waals surface area contributed by atoms with Gasteiger partial charge in [0.15, 0.2) is 0 Å². The maximum Gasteiger partial charge on any atom is 0.146 e. The highest BCUT2D eigenvalue weighted by Crippen LogP contribution is 2.34. The van der Waals surface area contributed by atoms with E-state index in [2.05, 4.69) is 22.1 Å². The van der Waals surface area contributed by atoms with Gasteiger partial charge in [0.1, 0.15) is 5.82 Å². The third kappa shape index (κ3) is 1.45. The third-order valence-electron chi connectivity index (χ3n) is 4.01. The molecule has 0 aromatic rings.